The predicted molar refractivity (Wildman–Crippen MR) is 132 cm³/mol. The van der Waals surface area contributed by atoms with Crippen molar-refractivity contribution in [3.63, 3.8) is 0 Å². The van der Waals surface area contributed by atoms with E-state index in [0.717, 1.165) is 53.2 Å². The molecule has 0 unspecified atom stereocenters. The molecule has 2 heterocycles. The van der Waals surface area contributed by atoms with Crippen LogP contribution in [0.15, 0.2) is 77.0 Å². The third kappa shape index (κ3) is 6.30. The van der Waals surface area contributed by atoms with Gasteiger partial charge in [0, 0.05) is 53.9 Å². The van der Waals surface area contributed by atoms with Crippen molar-refractivity contribution in [3.8, 4) is 0 Å². The normalized spacial score (nSPS) is 15.2. The van der Waals surface area contributed by atoms with Crippen LogP contribution in [0, 0.1) is 10.1 Å². The molecule has 4 rings (SSSR count). The molecule has 1 aliphatic rings. The summed E-state index contributed by atoms with van der Waals surface area (Å²) >= 11 is 3.83. The highest BCUT2D eigenvalue weighted by Gasteiger charge is 2.09. The topological polar surface area (TPSA) is 84.0 Å². The van der Waals surface area contributed by atoms with Gasteiger partial charge in [-0.2, -0.15) is 33.8 Å². The second-order valence-electron chi connectivity index (χ2n) is 7.20. The van der Waals surface area contributed by atoms with Gasteiger partial charge in [0.05, 0.1) is 27.7 Å². The van der Waals surface area contributed by atoms with E-state index in [9.17, 15) is 10.1 Å². The van der Waals surface area contributed by atoms with E-state index in [1.807, 2.05) is 35.7 Å². The molecule has 0 saturated carbocycles. The molecule has 0 saturated heterocycles. The van der Waals surface area contributed by atoms with E-state index in [2.05, 4.69) is 45.5 Å². The molecular formula is C23H23N5O2S2. The highest BCUT2D eigenvalue weighted by molar-refractivity contribution is 7.98. The number of aromatic nitrogens is 1. The van der Waals surface area contributed by atoms with Gasteiger partial charge < -0.3 is 4.90 Å². The van der Waals surface area contributed by atoms with E-state index in [-0.39, 0.29) is 5.69 Å². The zero-order valence-electron chi connectivity index (χ0n) is 17.5. The molecule has 3 aromatic rings. The van der Waals surface area contributed by atoms with E-state index in [4.69, 9.17) is 4.98 Å². The van der Waals surface area contributed by atoms with Crippen LogP contribution in [0.1, 0.15) is 11.4 Å². The number of thioether (sulfide) groups is 2. The SMILES string of the molecule is O=[N+]([O-])c1ccc(N=Nc2ccc(N3CCSCc4cccc(n4)CSCC3)cc2)cc1. The van der Waals surface area contributed by atoms with Crippen LogP contribution >= 0.6 is 23.5 Å². The highest BCUT2D eigenvalue weighted by Crippen LogP contribution is 2.25. The second kappa shape index (κ2) is 11.1. The Morgan fingerprint density at radius 2 is 1.34 bits per heavy atom. The number of non-ortho nitro benzene ring substituents is 1. The Balaban J connectivity index is 1.38. The van der Waals surface area contributed by atoms with Crippen LogP contribution in [0.2, 0.25) is 0 Å². The molecule has 0 aliphatic carbocycles. The lowest BCUT2D eigenvalue weighted by Crippen LogP contribution is -2.28. The minimum atomic E-state index is -0.428. The van der Waals surface area contributed by atoms with Gasteiger partial charge in [-0.25, -0.2) is 0 Å². The molecule has 0 radical (unpaired) electrons. The maximum Gasteiger partial charge on any atom is 0.269 e. The van der Waals surface area contributed by atoms with Gasteiger partial charge in [0.2, 0.25) is 0 Å². The minimum absolute atomic E-state index is 0.0418. The lowest BCUT2D eigenvalue weighted by molar-refractivity contribution is -0.384. The van der Waals surface area contributed by atoms with Gasteiger partial charge in [0.1, 0.15) is 0 Å². The van der Waals surface area contributed by atoms with Gasteiger partial charge in [0.15, 0.2) is 0 Å². The fraction of sp³-hybridized carbons (Fsp3) is 0.261. The van der Waals surface area contributed by atoms with Crippen molar-refractivity contribution in [2.45, 2.75) is 11.5 Å². The number of nitrogens with zero attached hydrogens (tertiary/aromatic N) is 5. The molecule has 164 valence electrons. The number of nitro benzene ring substituents is 1. The first-order valence-electron chi connectivity index (χ1n) is 10.3. The number of azo groups is 1. The third-order valence-electron chi connectivity index (χ3n) is 4.93. The first-order chi connectivity index (χ1) is 15.7. The highest BCUT2D eigenvalue weighted by atomic mass is 32.2. The Labute approximate surface area is 195 Å². The van der Waals surface area contributed by atoms with Crippen LogP contribution in [0.4, 0.5) is 22.7 Å². The number of rotatable bonds is 4. The Kier molecular flexibility index (Phi) is 7.73. The molecule has 9 heteroatoms. The molecule has 1 aromatic heterocycles. The Morgan fingerprint density at radius 1 is 0.812 bits per heavy atom. The molecule has 2 aromatic carbocycles. The molecular weight excluding hydrogens is 442 g/mol. The smallest absolute Gasteiger partial charge is 0.269 e. The number of hydrogen-bond acceptors (Lipinski definition) is 8. The van der Waals surface area contributed by atoms with Crippen molar-refractivity contribution in [1.82, 2.24) is 4.98 Å². The lowest BCUT2D eigenvalue weighted by atomic mass is 10.2. The number of hydrogen-bond donors (Lipinski definition) is 0. The van der Waals surface area contributed by atoms with Crippen LogP contribution in [0.25, 0.3) is 0 Å². The predicted octanol–water partition coefficient (Wildman–Crippen LogP) is 6.39. The van der Waals surface area contributed by atoms with Crippen molar-refractivity contribution >= 4 is 46.3 Å². The van der Waals surface area contributed by atoms with Crippen LogP contribution in [0.5, 0.6) is 0 Å². The van der Waals surface area contributed by atoms with Crippen molar-refractivity contribution in [2.24, 2.45) is 10.2 Å². The molecule has 1 aliphatic heterocycles. The van der Waals surface area contributed by atoms with Gasteiger partial charge >= 0.3 is 0 Å². The average Bonchev–Trinajstić information content (AvgIpc) is 2.82. The van der Waals surface area contributed by atoms with Crippen LogP contribution in [-0.4, -0.2) is 34.5 Å². The molecule has 0 N–H and O–H groups in total. The average molecular weight is 466 g/mol. The Bertz CT molecular complexity index is 1050. The van der Waals surface area contributed by atoms with Gasteiger partial charge in [-0.15, -0.1) is 0 Å². The molecule has 0 spiro atoms. The van der Waals surface area contributed by atoms with E-state index >= 15 is 0 Å². The fourth-order valence-electron chi connectivity index (χ4n) is 3.25. The summed E-state index contributed by atoms with van der Waals surface area (Å²) in [6.07, 6.45) is 0. The number of anilines is 1. The summed E-state index contributed by atoms with van der Waals surface area (Å²) in [4.78, 5) is 17.5. The number of pyridine rings is 1. The third-order valence-corrected chi connectivity index (χ3v) is 6.87. The van der Waals surface area contributed by atoms with Crippen LogP contribution in [0.3, 0.4) is 0 Å². The first kappa shape index (κ1) is 22.3. The van der Waals surface area contributed by atoms with E-state index in [1.165, 1.54) is 17.8 Å². The lowest BCUT2D eigenvalue weighted by Gasteiger charge is -2.25. The maximum absolute atomic E-state index is 10.7. The molecule has 0 amide bonds. The van der Waals surface area contributed by atoms with Gasteiger partial charge in [-0.05, 0) is 48.5 Å². The van der Waals surface area contributed by atoms with E-state index in [0.29, 0.717) is 5.69 Å². The maximum atomic E-state index is 10.7. The summed E-state index contributed by atoms with van der Waals surface area (Å²) < 4.78 is 0. The largest absolute Gasteiger partial charge is 0.370 e. The Morgan fingerprint density at radius 3 is 1.88 bits per heavy atom. The van der Waals surface area contributed by atoms with Crippen molar-refractivity contribution < 1.29 is 4.92 Å². The van der Waals surface area contributed by atoms with Gasteiger partial charge in [-0.3, -0.25) is 15.1 Å². The molecule has 0 atom stereocenters. The quantitative estimate of drug-likeness (QED) is 0.252. The van der Waals surface area contributed by atoms with E-state index < -0.39 is 4.92 Å². The van der Waals surface area contributed by atoms with E-state index in [1.54, 1.807) is 12.1 Å². The Hall–Kier alpha value is -2.91. The summed E-state index contributed by atoms with van der Waals surface area (Å²) in [6, 6.07) is 20.4. The molecule has 7 nitrogen and oxygen atoms in total. The second-order valence-corrected chi connectivity index (χ2v) is 9.41. The number of benzene rings is 2. The number of nitro groups is 1. The first-order valence-corrected chi connectivity index (χ1v) is 12.6. The zero-order valence-corrected chi connectivity index (χ0v) is 19.1. The minimum Gasteiger partial charge on any atom is -0.370 e. The molecule has 32 heavy (non-hydrogen) atoms. The van der Waals surface area contributed by atoms with Crippen molar-refractivity contribution in [3.05, 3.63) is 88.2 Å². The van der Waals surface area contributed by atoms with Crippen molar-refractivity contribution in [2.75, 3.05) is 29.5 Å². The number of fused-ring (bicyclic) bond motifs is 2. The zero-order chi connectivity index (χ0) is 22.2. The van der Waals surface area contributed by atoms with Gasteiger partial charge in [-0.1, -0.05) is 6.07 Å². The summed E-state index contributed by atoms with van der Waals surface area (Å²) in [7, 11) is 0. The molecule has 2 bridgehead atoms. The van der Waals surface area contributed by atoms with Crippen LogP contribution in [-0.2, 0) is 11.5 Å². The monoisotopic (exact) mass is 465 g/mol. The van der Waals surface area contributed by atoms with Gasteiger partial charge in [0.25, 0.3) is 5.69 Å². The summed E-state index contributed by atoms with van der Waals surface area (Å²) in [5.74, 6) is 3.96. The summed E-state index contributed by atoms with van der Waals surface area (Å²) in [6.45, 7) is 1.96. The molecule has 0 fully saturated rings. The van der Waals surface area contributed by atoms with Crippen LogP contribution < -0.4 is 4.90 Å². The summed E-state index contributed by atoms with van der Waals surface area (Å²) in [5.41, 5.74) is 4.85. The summed E-state index contributed by atoms with van der Waals surface area (Å²) in [5, 5.41) is 19.2. The fourth-order valence-corrected chi connectivity index (χ4v) is 4.98. The van der Waals surface area contributed by atoms with Crippen molar-refractivity contribution in [1.29, 1.82) is 0 Å². The standard InChI is InChI=1S/C23H23N5O2S2/c29-28(30)23-10-6-19(7-11-23)26-25-18-4-8-22(9-5-18)27-12-14-31-16-20-2-1-3-21(24-20)17-32-15-13-27/h1-11H,12-17H2.